The minimum absolute atomic E-state index is 0. The van der Waals surface area contributed by atoms with Crippen molar-refractivity contribution in [1.82, 2.24) is 10.6 Å². The summed E-state index contributed by atoms with van der Waals surface area (Å²) >= 11 is 0. The van der Waals surface area contributed by atoms with E-state index in [1.54, 1.807) is 0 Å². The smallest absolute Gasteiger partial charge is 0.191 e. The number of halogens is 2. The predicted octanol–water partition coefficient (Wildman–Crippen LogP) is 4.44. The Morgan fingerprint density at radius 3 is 2.47 bits per heavy atom. The van der Waals surface area contributed by atoms with Crippen molar-refractivity contribution in [3.05, 3.63) is 83.2 Å². The average molecular weight is 569 g/mol. The van der Waals surface area contributed by atoms with E-state index in [0.29, 0.717) is 30.2 Å². The number of hydrogen-bond acceptors (Lipinski definition) is 3. The molecule has 0 amide bonds. The lowest BCUT2D eigenvalue weighted by atomic mass is 10.0. The Morgan fingerprint density at radius 2 is 1.72 bits per heavy atom. The molecule has 0 fully saturated rings. The molecule has 0 aliphatic carbocycles. The normalized spacial score (nSPS) is 11.8. The molecule has 0 aliphatic heterocycles. The summed E-state index contributed by atoms with van der Waals surface area (Å²) in [6, 6.07) is 18.7. The van der Waals surface area contributed by atoms with Gasteiger partial charge in [0.2, 0.25) is 0 Å². The Kier molecular flexibility index (Phi) is 9.89. The van der Waals surface area contributed by atoms with E-state index in [-0.39, 0.29) is 36.3 Å². The first-order valence-electron chi connectivity index (χ1n) is 10.3. The van der Waals surface area contributed by atoms with Crippen LogP contribution in [0.4, 0.5) is 4.39 Å². The molecule has 0 radical (unpaired) electrons. The Labute approximate surface area is 206 Å². The van der Waals surface area contributed by atoms with Crippen molar-refractivity contribution in [3.8, 4) is 0 Å². The summed E-state index contributed by atoms with van der Waals surface area (Å²) in [6.45, 7) is 3.52. The molecule has 0 saturated carbocycles. The quantitative estimate of drug-likeness (QED) is 0.239. The lowest BCUT2D eigenvalue weighted by Crippen LogP contribution is -2.38. The number of sulfone groups is 1. The summed E-state index contributed by atoms with van der Waals surface area (Å²) in [6.07, 6.45) is 1.99. The zero-order chi connectivity index (χ0) is 22.3. The molecule has 0 saturated heterocycles. The van der Waals surface area contributed by atoms with Crippen molar-refractivity contribution in [2.24, 2.45) is 4.99 Å². The van der Waals surface area contributed by atoms with Gasteiger partial charge in [-0.1, -0.05) is 48.5 Å². The van der Waals surface area contributed by atoms with Crippen LogP contribution in [0.25, 0.3) is 10.8 Å². The van der Waals surface area contributed by atoms with E-state index in [0.717, 1.165) is 6.42 Å². The first kappa shape index (κ1) is 26.1. The fourth-order valence-corrected chi connectivity index (χ4v) is 4.34. The SMILES string of the molecule is CCNC(=NCc1cc(F)ccc1CS(C)(=O)=O)NCCc1cccc2ccccc12.I. The molecule has 0 atom stereocenters. The van der Waals surface area contributed by atoms with Crippen LogP contribution in [0.5, 0.6) is 0 Å². The molecule has 32 heavy (non-hydrogen) atoms. The number of nitrogens with zero attached hydrogens (tertiary/aromatic N) is 1. The van der Waals surface area contributed by atoms with Gasteiger partial charge in [0.1, 0.15) is 5.82 Å². The minimum Gasteiger partial charge on any atom is -0.357 e. The van der Waals surface area contributed by atoms with Crippen LogP contribution in [-0.2, 0) is 28.6 Å². The van der Waals surface area contributed by atoms with Crippen LogP contribution < -0.4 is 10.6 Å². The second kappa shape index (κ2) is 12.2. The molecule has 3 aromatic carbocycles. The van der Waals surface area contributed by atoms with E-state index in [1.165, 1.54) is 40.8 Å². The van der Waals surface area contributed by atoms with Crippen molar-refractivity contribution >= 4 is 50.5 Å². The zero-order valence-electron chi connectivity index (χ0n) is 18.3. The molecule has 0 aromatic heterocycles. The average Bonchev–Trinajstić information content (AvgIpc) is 2.73. The van der Waals surface area contributed by atoms with Crippen molar-refractivity contribution in [2.75, 3.05) is 19.3 Å². The lowest BCUT2D eigenvalue weighted by Gasteiger charge is -2.13. The molecule has 172 valence electrons. The van der Waals surface area contributed by atoms with Gasteiger partial charge in [-0.05, 0) is 52.9 Å². The molecule has 0 bridgehead atoms. The van der Waals surface area contributed by atoms with E-state index in [2.05, 4.69) is 46.0 Å². The van der Waals surface area contributed by atoms with Gasteiger partial charge in [-0.2, -0.15) is 0 Å². The highest BCUT2D eigenvalue weighted by Crippen LogP contribution is 2.19. The summed E-state index contributed by atoms with van der Waals surface area (Å²) in [7, 11) is -3.23. The van der Waals surface area contributed by atoms with Crippen LogP contribution >= 0.6 is 24.0 Å². The summed E-state index contributed by atoms with van der Waals surface area (Å²) in [5.74, 6) is 0.0667. The Morgan fingerprint density at radius 1 is 0.969 bits per heavy atom. The molecular formula is C24H29FIN3O2S. The van der Waals surface area contributed by atoms with Crippen LogP contribution in [0.1, 0.15) is 23.6 Å². The second-order valence-corrected chi connectivity index (χ2v) is 9.63. The number of guanidine groups is 1. The van der Waals surface area contributed by atoms with E-state index < -0.39 is 15.7 Å². The lowest BCUT2D eigenvalue weighted by molar-refractivity contribution is 0.600. The fourth-order valence-electron chi connectivity index (χ4n) is 3.50. The molecule has 8 heteroatoms. The maximum absolute atomic E-state index is 13.7. The third kappa shape index (κ3) is 7.74. The van der Waals surface area contributed by atoms with Gasteiger partial charge in [-0.25, -0.2) is 17.8 Å². The number of aliphatic imine (C=N–C) groups is 1. The summed E-state index contributed by atoms with van der Waals surface area (Å²) in [5, 5.41) is 8.95. The summed E-state index contributed by atoms with van der Waals surface area (Å²) in [5.41, 5.74) is 2.39. The largest absolute Gasteiger partial charge is 0.357 e. The third-order valence-corrected chi connectivity index (χ3v) is 5.74. The second-order valence-electron chi connectivity index (χ2n) is 7.49. The standard InChI is InChI=1S/C24H28FN3O2S.HI/c1-3-26-24(27-14-13-19-9-6-8-18-7-4-5-10-23(18)19)28-16-21-15-22(25)12-11-20(21)17-31(2,29)30;/h4-12,15H,3,13-14,16-17H2,1-2H3,(H2,26,27,28);1H. The third-order valence-electron chi connectivity index (χ3n) is 4.90. The first-order valence-corrected chi connectivity index (χ1v) is 12.4. The van der Waals surface area contributed by atoms with Gasteiger partial charge in [0, 0.05) is 19.3 Å². The Hall–Kier alpha value is -2.20. The van der Waals surface area contributed by atoms with Gasteiger partial charge in [0.05, 0.1) is 12.3 Å². The van der Waals surface area contributed by atoms with Gasteiger partial charge >= 0.3 is 0 Å². The molecule has 2 N–H and O–H groups in total. The number of nitrogens with one attached hydrogen (secondary N) is 2. The molecule has 0 unspecified atom stereocenters. The van der Waals surface area contributed by atoms with Crippen LogP contribution in [-0.4, -0.2) is 33.7 Å². The molecule has 0 spiro atoms. The van der Waals surface area contributed by atoms with Crippen LogP contribution in [0.3, 0.4) is 0 Å². The summed E-state index contributed by atoms with van der Waals surface area (Å²) in [4.78, 5) is 4.54. The highest BCUT2D eigenvalue weighted by molar-refractivity contribution is 14.0. The maximum Gasteiger partial charge on any atom is 0.191 e. The fraction of sp³-hybridized carbons (Fsp3) is 0.292. The number of benzene rings is 3. The predicted molar refractivity (Wildman–Crippen MR) is 141 cm³/mol. The number of hydrogen-bond donors (Lipinski definition) is 2. The van der Waals surface area contributed by atoms with Crippen molar-refractivity contribution in [3.63, 3.8) is 0 Å². The van der Waals surface area contributed by atoms with Crippen molar-refractivity contribution in [2.45, 2.75) is 25.6 Å². The highest BCUT2D eigenvalue weighted by Gasteiger charge is 2.11. The molecule has 5 nitrogen and oxygen atoms in total. The maximum atomic E-state index is 13.7. The molecular weight excluding hydrogens is 540 g/mol. The summed E-state index contributed by atoms with van der Waals surface area (Å²) < 4.78 is 37.1. The van der Waals surface area contributed by atoms with Crippen LogP contribution in [0.15, 0.2) is 65.7 Å². The van der Waals surface area contributed by atoms with E-state index in [9.17, 15) is 12.8 Å². The monoisotopic (exact) mass is 569 g/mol. The highest BCUT2D eigenvalue weighted by atomic mass is 127. The zero-order valence-corrected chi connectivity index (χ0v) is 21.4. The molecule has 3 aromatic rings. The molecule has 0 heterocycles. The first-order chi connectivity index (χ1) is 14.9. The van der Waals surface area contributed by atoms with E-state index in [4.69, 9.17) is 0 Å². The van der Waals surface area contributed by atoms with Gasteiger partial charge in [0.15, 0.2) is 15.8 Å². The number of rotatable bonds is 8. The van der Waals surface area contributed by atoms with Crippen molar-refractivity contribution < 1.29 is 12.8 Å². The molecule has 3 rings (SSSR count). The van der Waals surface area contributed by atoms with Gasteiger partial charge in [0.25, 0.3) is 0 Å². The van der Waals surface area contributed by atoms with E-state index >= 15 is 0 Å². The minimum atomic E-state index is -3.23. The molecule has 0 aliphatic rings. The van der Waals surface area contributed by atoms with Gasteiger partial charge in [-0.3, -0.25) is 0 Å². The Balaban J connectivity index is 0.00000363. The van der Waals surface area contributed by atoms with Crippen LogP contribution in [0.2, 0.25) is 0 Å². The van der Waals surface area contributed by atoms with Crippen LogP contribution in [0, 0.1) is 5.82 Å². The number of fused-ring (bicyclic) bond motifs is 1. The van der Waals surface area contributed by atoms with Gasteiger partial charge < -0.3 is 10.6 Å². The van der Waals surface area contributed by atoms with E-state index in [1.807, 2.05) is 19.1 Å². The topological polar surface area (TPSA) is 70.6 Å². The Bertz CT molecular complexity index is 1180. The van der Waals surface area contributed by atoms with Gasteiger partial charge in [-0.15, -0.1) is 24.0 Å². The van der Waals surface area contributed by atoms with Crippen molar-refractivity contribution in [1.29, 1.82) is 0 Å².